The fourth-order valence-corrected chi connectivity index (χ4v) is 3.38. The van der Waals surface area contributed by atoms with Gasteiger partial charge in [-0.3, -0.25) is 19.4 Å². The van der Waals surface area contributed by atoms with Crippen LogP contribution in [0.25, 0.3) is 0 Å². The van der Waals surface area contributed by atoms with Gasteiger partial charge in [-0.2, -0.15) is 0 Å². The smallest absolute Gasteiger partial charge is 0.426 e. The Hall–Kier alpha value is -2.46. The maximum absolute atomic E-state index is 12.4. The van der Waals surface area contributed by atoms with E-state index in [4.69, 9.17) is 26.7 Å². The fourth-order valence-electron chi connectivity index (χ4n) is 3.38. The van der Waals surface area contributed by atoms with Gasteiger partial charge in [-0.25, -0.2) is 0 Å². The molecule has 0 aromatic rings. The van der Waals surface area contributed by atoms with Crippen molar-refractivity contribution in [3.8, 4) is 0 Å². The number of carbonyl (C=O) groups excluding carboxylic acids is 3. The van der Waals surface area contributed by atoms with E-state index < -0.39 is 31.1 Å². The van der Waals surface area contributed by atoms with E-state index in [0.29, 0.717) is 38.8 Å². The zero-order valence-electron chi connectivity index (χ0n) is 19.6. The molecule has 0 saturated carbocycles. The van der Waals surface area contributed by atoms with Gasteiger partial charge in [-0.1, -0.05) is 0 Å². The van der Waals surface area contributed by atoms with Crippen molar-refractivity contribution in [2.75, 3.05) is 46.1 Å². The van der Waals surface area contributed by atoms with Crippen LogP contribution in [0.5, 0.6) is 0 Å². The Morgan fingerprint density at radius 1 is 1.21 bits per heavy atom. The number of guanidine groups is 1. The molecule has 1 unspecified atom stereocenters. The normalized spacial score (nSPS) is 17.1. The lowest BCUT2D eigenvalue weighted by Gasteiger charge is -2.27. The molecule has 0 aromatic heterocycles. The maximum Gasteiger partial charge on any atom is 0.475 e. The van der Waals surface area contributed by atoms with Crippen LogP contribution in [0, 0.1) is 0 Å². The number of hydrogen-bond donors (Lipinski definition) is 7. The van der Waals surface area contributed by atoms with Gasteiger partial charge >= 0.3 is 7.12 Å². The third-order valence-corrected chi connectivity index (χ3v) is 5.13. The Kier molecular flexibility index (Phi) is 14.1. The standard InChI is InChI=1S/C19H38BN7O7/c1-13(18(30)27-8-3-5-15(27)20(31)32)26-16(28)12-34-11-10-33-9-7-24-17(29)14(21)4-2-6-25-19(22)23/h13-15,31-32H,2-12,21H2,1H3,(H,24,29)(H,26,28)(H4,22,23,25)/t13-,14+,15?/m1/s1. The van der Waals surface area contributed by atoms with Crippen molar-refractivity contribution in [2.24, 2.45) is 22.2 Å². The van der Waals surface area contributed by atoms with E-state index in [9.17, 15) is 24.4 Å². The SMILES string of the molecule is C[C@@H](NC(=O)COCCOCCNC(=O)[C@@H](N)CCCN=C(N)N)C(=O)N1CCCC1B(O)O. The van der Waals surface area contributed by atoms with Gasteiger partial charge in [0.25, 0.3) is 0 Å². The first-order valence-corrected chi connectivity index (χ1v) is 11.3. The molecule has 1 heterocycles. The van der Waals surface area contributed by atoms with Crippen molar-refractivity contribution in [1.29, 1.82) is 0 Å². The van der Waals surface area contributed by atoms with Crippen LogP contribution in [0.4, 0.5) is 0 Å². The molecule has 10 N–H and O–H groups in total. The molecular weight excluding hydrogens is 449 g/mol. The van der Waals surface area contributed by atoms with Gasteiger partial charge in [0.15, 0.2) is 5.96 Å². The molecule has 1 fully saturated rings. The lowest BCUT2D eigenvalue weighted by molar-refractivity contribution is -0.137. The van der Waals surface area contributed by atoms with Gasteiger partial charge in [-0.05, 0) is 32.6 Å². The molecule has 3 atom stereocenters. The van der Waals surface area contributed by atoms with Gasteiger partial charge < -0.3 is 52.3 Å². The minimum Gasteiger partial charge on any atom is -0.426 e. The molecule has 3 amide bonds. The van der Waals surface area contributed by atoms with Crippen molar-refractivity contribution in [3.05, 3.63) is 0 Å². The monoisotopic (exact) mass is 487 g/mol. The third kappa shape index (κ3) is 11.6. The zero-order chi connectivity index (χ0) is 25.5. The molecule has 1 saturated heterocycles. The van der Waals surface area contributed by atoms with Crippen LogP contribution >= 0.6 is 0 Å². The summed E-state index contributed by atoms with van der Waals surface area (Å²) in [4.78, 5) is 41.4. The highest BCUT2D eigenvalue weighted by atomic mass is 16.5. The van der Waals surface area contributed by atoms with Crippen molar-refractivity contribution < 1.29 is 33.9 Å². The summed E-state index contributed by atoms with van der Waals surface area (Å²) >= 11 is 0. The molecule has 0 aromatic carbocycles. The Bertz CT molecular complexity index is 679. The summed E-state index contributed by atoms with van der Waals surface area (Å²) in [6.45, 7) is 3.01. The zero-order valence-corrected chi connectivity index (χ0v) is 19.6. The van der Waals surface area contributed by atoms with Crippen LogP contribution in [0.15, 0.2) is 4.99 Å². The van der Waals surface area contributed by atoms with E-state index in [1.54, 1.807) is 0 Å². The lowest BCUT2D eigenvalue weighted by Crippen LogP contribution is -2.53. The highest BCUT2D eigenvalue weighted by Gasteiger charge is 2.38. The first-order chi connectivity index (χ1) is 16.1. The topological polar surface area (TPSA) is 228 Å². The number of rotatable bonds is 16. The molecule has 0 aliphatic carbocycles. The average molecular weight is 487 g/mol. The molecule has 15 heteroatoms. The van der Waals surface area contributed by atoms with Crippen LogP contribution in [-0.4, -0.2) is 110 Å². The van der Waals surface area contributed by atoms with Gasteiger partial charge in [-0.15, -0.1) is 0 Å². The maximum atomic E-state index is 12.4. The van der Waals surface area contributed by atoms with E-state index in [1.807, 2.05) is 0 Å². The predicted octanol–water partition coefficient (Wildman–Crippen LogP) is -3.98. The number of likely N-dealkylation sites (tertiary alicyclic amines) is 1. The minimum atomic E-state index is -1.61. The van der Waals surface area contributed by atoms with Crippen molar-refractivity contribution in [1.82, 2.24) is 15.5 Å². The number of amides is 3. The van der Waals surface area contributed by atoms with Crippen LogP contribution in [0.2, 0.25) is 0 Å². The Balaban J connectivity index is 2.07. The lowest BCUT2D eigenvalue weighted by atomic mass is 9.78. The number of nitrogens with zero attached hydrogens (tertiary/aromatic N) is 2. The minimum absolute atomic E-state index is 0.000387. The van der Waals surface area contributed by atoms with Gasteiger partial charge in [0.2, 0.25) is 17.7 Å². The molecule has 1 rings (SSSR count). The van der Waals surface area contributed by atoms with Crippen molar-refractivity contribution >= 4 is 30.8 Å². The predicted molar refractivity (Wildman–Crippen MR) is 125 cm³/mol. The number of nitrogens with one attached hydrogen (secondary N) is 2. The van der Waals surface area contributed by atoms with Crippen LogP contribution < -0.4 is 27.8 Å². The largest absolute Gasteiger partial charge is 0.475 e. The molecule has 0 radical (unpaired) electrons. The summed E-state index contributed by atoms with van der Waals surface area (Å²) in [6.07, 6.45) is 2.22. The summed E-state index contributed by atoms with van der Waals surface area (Å²) < 4.78 is 10.5. The second-order valence-corrected chi connectivity index (χ2v) is 7.96. The van der Waals surface area contributed by atoms with Crippen molar-refractivity contribution in [2.45, 2.75) is 50.6 Å². The molecular formula is C19H38BN7O7. The quantitative estimate of drug-likeness (QED) is 0.0483. The highest BCUT2D eigenvalue weighted by Crippen LogP contribution is 2.18. The van der Waals surface area contributed by atoms with Crippen LogP contribution in [0.3, 0.4) is 0 Å². The molecule has 1 aliphatic rings. The number of carbonyl (C=O) groups is 3. The second-order valence-electron chi connectivity index (χ2n) is 7.96. The molecule has 194 valence electrons. The fraction of sp³-hybridized carbons (Fsp3) is 0.789. The van der Waals surface area contributed by atoms with Crippen LogP contribution in [-0.2, 0) is 23.9 Å². The molecule has 0 spiro atoms. The van der Waals surface area contributed by atoms with Gasteiger partial charge in [0.1, 0.15) is 12.6 Å². The van der Waals surface area contributed by atoms with E-state index in [2.05, 4.69) is 15.6 Å². The second kappa shape index (κ2) is 16.2. The Morgan fingerprint density at radius 3 is 2.59 bits per heavy atom. The average Bonchev–Trinajstić information content (AvgIpc) is 3.27. The summed E-state index contributed by atoms with van der Waals surface area (Å²) in [5.41, 5.74) is 16.2. The van der Waals surface area contributed by atoms with Gasteiger partial charge in [0.05, 0.1) is 31.8 Å². The van der Waals surface area contributed by atoms with Gasteiger partial charge in [0, 0.05) is 19.6 Å². The molecule has 34 heavy (non-hydrogen) atoms. The van der Waals surface area contributed by atoms with Crippen LogP contribution in [0.1, 0.15) is 32.6 Å². The number of ether oxygens (including phenoxy) is 2. The van der Waals surface area contributed by atoms with E-state index >= 15 is 0 Å². The molecule has 0 bridgehead atoms. The summed E-state index contributed by atoms with van der Waals surface area (Å²) in [5, 5.41) is 23.9. The van der Waals surface area contributed by atoms with E-state index in [-0.39, 0.29) is 50.7 Å². The number of aliphatic imine (C=N–C) groups is 1. The first-order valence-electron chi connectivity index (χ1n) is 11.3. The van der Waals surface area contributed by atoms with E-state index in [1.165, 1.54) is 11.8 Å². The molecule has 14 nitrogen and oxygen atoms in total. The Labute approximate surface area is 199 Å². The number of nitrogens with two attached hydrogens (primary N) is 3. The Morgan fingerprint density at radius 2 is 1.91 bits per heavy atom. The highest BCUT2D eigenvalue weighted by molar-refractivity contribution is 6.43. The van der Waals surface area contributed by atoms with Crippen molar-refractivity contribution in [3.63, 3.8) is 0 Å². The first kappa shape index (κ1) is 29.6. The summed E-state index contributed by atoms with van der Waals surface area (Å²) in [6, 6.07) is -1.47. The van der Waals surface area contributed by atoms with E-state index in [0.717, 1.165) is 0 Å². The molecule has 1 aliphatic heterocycles. The third-order valence-electron chi connectivity index (χ3n) is 5.13. The number of hydrogen-bond acceptors (Lipinski definition) is 9. The summed E-state index contributed by atoms with van der Waals surface area (Å²) in [7, 11) is -1.61. The summed E-state index contributed by atoms with van der Waals surface area (Å²) in [5.74, 6) is -1.79.